The van der Waals surface area contributed by atoms with Crippen molar-refractivity contribution in [2.24, 2.45) is 5.92 Å². The molecule has 0 spiro atoms. The third-order valence-corrected chi connectivity index (χ3v) is 6.24. The maximum Gasteiger partial charge on any atom is 0.300 e. The zero-order valence-electron chi connectivity index (χ0n) is 20.6. The number of halogens is 1. The van der Waals surface area contributed by atoms with E-state index in [0.29, 0.717) is 35.3 Å². The van der Waals surface area contributed by atoms with Crippen LogP contribution in [0.1, 0.15) is 36.6 Å². The molecule has 6 nitrogen and oxygen atoms in total. The number of Topliss-reactive ketones (excluding diaryl/α,β-unsaturated/α-hetero) is 1. The van der Waals surface area contributed by atoms with Crippen LogP contribution in [0, 0.1) is 12.8 Å². The quantitative estimate of drug-likeness (QED) is 0.231. The van der Waals surface area contributed by atoms with Crippen molar-refractivity contribution in [1.82, 2.24) is 0 Å². The van der Waals surface area contributed by atoms with Gasteiger partial charge in [0.1, 0.15) is 17.3 Å². The Balaban J connectivity index is 1.93. The van der Waals surface area contributed by atoms with E-state index in [1.165, 1.54) is 18.1 Å². The SMILES string of the molecule is COc1ccc(Cl)c(/C(O)=C2\C(=O)C(=O)N(c3cccc(C)c3)C2c2cccc(OCC(C)C)c2)c1. The first-order valence-electron chi connectivity index (χ1n) is 11.7. The van der Waals surface area contributed by atoms with Gasteiger partial charge in [-0.25, -0.2) is 0 Å². The summed E-state index contributed by atoms with van der Waals surface area (Å²) >= 11 is 6.40. The lowest BCUT2D eigenvalue weighted by molar-refractivity contribution is -0.132. The number of carbonyl (C=O) groups excluding carboxylic acids is 2. The van der Waals surface area contributed by atoms with Crippen molar-refractivity contribution >= 4 is 34.7 Å². The summed E-state index contributed by atoms with van der Waals surface area (Å²) in [5.74, 6) is -0.524. The number of ketones is 1. The number of aliphatic hydroxyl groups is 1. The van der Waals surface area contributed by atoms with E-state index in [-0.39, 0.29) is 21.9 Å². The third kappa shape index (κ3) is 4.95. The number of rotatable bonds is 7. The predicted octanol–water partition coefficient (Wildman–Crippen LogP) is 6.32. The van der Waals surface area contributed by atoms with E-state index < -0.39 is 17.7 Å². The molecule has 0 radical (unpaired) electrons. The number of benzene rings is 3. The average Bonchev–Trinajstić information content (AvgIpc) is 3.13. The topological polar surface area (TPSA) is 76.1 Å². The zero-order valence-corrected chi connectivity index (χ0v) is 21.4. The number of hydrogen-bond acceptors (Lipinski definition) is 5. The third-order valence-electron chi connectivity index (χ3n) is 5.91. The fourth-order valence-corrected chi connectivity index (χ4v) is 4.39. The Morgan fingerprint density at radius 3 is 2.47 bits per heavy atom. The summed E-state index contributed by atoms with van der Waals surface area (Å²) in [6, 6.07) is 18.4. The first-order valence-corrected chi connectivity index (χ1v) is 12.0. The van der Waals surface area contributed by atoms with Gasteiger partial charge in [-0.15, -0.1) is 0 Å². The van der Waals surface area contributed by atoms with Gasteiger partial charge in [-0.2, -0.15) is 0 Å². The lowest BCUT2D eigenvalue weighted by Gasteiger charge is -2.26. The van der Waals surface area contributed by atoms with Gasteiger partial charge in [0.2, 0.25) is 0 Å². The number of nitrogens with zero attached hydrogens (tertiary/aromatic N) is 1. The van der Waals surface area contributed by atoms with Crippen LogP contribution in [0.5, 0.6) is 11.5 Å². The minimum Gasteiger partial charge on any atom is -0.507 e. The molecule has 1 amide bonds. The molecule has 1 fully saturated rings. The van der Waals surface area contributed by atoms with E-state index in [1.54, 1.807) is 30.3 Å². The highest BCUT2D eigenvalue weighted by Crippen LogP contribution is 2.44. The fraction of sp³-hybridized carbons (Fsp3) is 0.241. The standard InChI is InChI=1S/C29H28ClNO5/c1-17(2)16-36-22-10-6-8-19(14-22)26-25(27(32)23-15-21(35-4)11-12-24(23)30)28(33)29(34)31(26)20-9-5-7-18(3)13-20/h5-15,17,26,32H,16H2,1-4H3/b27-25+. The molecule has 0 saturated carbocycles. The van der Waals surface area contributed by atoms with Crippen LogP contribution in [0.3, 0.4) is 0 Å². The van der Waals surface area contributed by atoms with Crippen molar-refractivity contribution < 1.29 is 24.2 Å². The normalized spacial score (nSPS) is 17.1. The molecule has 0 bridgehead atoms. The minimum atomic E-state index is -0.892. The molecule has 1 saturated heterocycles. The highest BCUT2D eigenvalue weighted by atomic mass is 35.5. The Labute approximate surface area is 215 Å². The smallest absolute Gasteiger partial charge is 0.300 e. The van der Waals surface area contributed by atoms with E-state index in [0.717, 1.165) is 5.56 Å². The number of aryl methyl sites for hydroxylation is 1. The molecule has 7 heteroatoms. The number of aliphatic hydroxyl groups excluding tert-OH is 1. The van der Waals surface area contributed by atoms with Crippen LogP contribution >= 0.6 is 11.6 Å². The lowest BCUT2D eigenvalue weighted by atomic mass is 9.94. The van der Waals surface area contributed by atoms with Gasteiger partial charge in [0.05, 0.1) is 30.4 Å². The Kier molecular flexibility index (Phi) is 7.36. The predicted molar refractivity (Wildman–Crippen MR) is 141 cm³/mol. The van der Waals surface area contributed by atoms with E-state index in [2.05, 4.69) is 0 Å². The van der Waals surface area contributed by atoms with E-state index in [9.17, 15) is 14.7 Å². The van der Waals surface area contributed by atoms with Crippen molar-refractivity contribution in [2.45, 2.75) is 26.8 Å². The summed E-state index contributed by atoms with van der Waals surface area (Å²) in [5, 5.41) is 11.6. The molecule has 0 aromatic heterocycles. The highest BCUT2D eigenvalue weighted by molar-refractivity contribution is 6.52. The lowest BCUT2D eigenvalue weighted by Crippen LogP contribution is -2.29. The molecule has 1 atom stereocenters. The highest BCUT2D eigenvalue weighted by Gasteiger charge is 2.47. The average molecular weight is 506 g/mol. The van der Waals surface area contributed by atoms with E-state index in [4.69, 9.17) is 21.1 Å². The maximum absolute atomic E-state index is 13.4. The van der Waals surface area contributed by atoms with Crippen LogP contribution in [0.2, 0.25) is 5.02 Å². The molecular weight excluding hydrogens is 478 g/mol. The van der Waals surface area contributed by atoms with Gasteiger partial charge in [-0.05, 0) is 66.4 Å². The monoisotopic (exact) mass is 505 g/mol. The Bertz CT molecular complexity index is 1350. The van der Waals surface area contributed by atoms with Gasteiger partial charge in [-0.1, -0.05) is 49.7 Å². The molecule has 3 aromatic rings. The molecule has 1 heterocycles. The van der Waals surface area contributed by atoms with E-state index in [1.807, 2.05) is 51.1 Å². The van der Waals surface area contributed by atoms with Crippen LogP contribution in [0.25, 0.3) is 5.76 Å². The number of carbonyl (C=O) groups is 2. The molecule has 186 valence electrons. The van der Waals surface area contributed by atoms with Gasteiger partial charge < -0.3 is 14.6 Å². The van der Waals surface area contributed by atoms with Gasteiger partial charge in [0.25, 0.3) is 11.7 Å². The summed E-state index contributed by atoms with van der Waals surface area (Å²) in [5.41, 5.74) is 2.25. The summed E-state index contributed by atoms with van der Waals surface area (Å²) in [4.78, 5) is 28.2. The van der Waals surface area contributed by atoms with E-state index >= 15 is 0 Å². The molecular formula is C29H28ClNO5. The van der Waals surface area contributed by atoms with Crippen molar-refractivity contribution in [3.63, 3.8) is 0 Å². The zero-order chi connectivity index (χ0) is 26.0. The first-order chi connectivity index (χ1) is 17.2. The van der Waals surface area contributed by atoms with Crippen LogP contribution in [0.15, 0.2) is 72.3 Å². The largest absolute Gasteiger partial charge is 0.507 e. The molecule has 36 heavy (non-hydrogen) atoms. The molecule has 1 aliphatic heterocycles. The molecule has 1 aliphatic rings. The number of ether oxygens (including phenoxy) is 2. The summed E-state index contributed by atoms with van der Waals surface area (Å²) < 4.78 is 11.2. The number of anilines is 1. The van der Waals surface area contributed by atoms with Crippen molar-refractivity contribution in [1.29, 1.82) is 0 Å². The molecule has 1 unspecified atom stereocenters. The second kappa shape index (κ2) is 10.5. The van der Waals surface area contributed by atoms with Crippen LogP contribution < -0.4 is 14.4 Å². The Hall–Kier alpha value is -3.77. The molecule has 3 aromatic carbocycles. The van der Waals surface area contributed by atoms with Crippen molar-refractivity contribution in [3.05, 3.63) is 94.0 Å². The molecule has 1 N–H and O–H groups in total. The van der Waals surface area contributed by atoms with Gasteiger partial charge in [0.15, 0.2) is 0 Å². The number of amides is 1. The van der Waals surface area contributed by atoms with Crippen LogP contribution in [0.4, 0.5) is 5.69 Å². The number of methoxy groups -OCH3 is 1. The van der Waals surface area contributed by atoms with Gasteiger partial charge in [-0.3, -0.25) is 14.5 Å². The number of hydrogen-bond donors (Lipinski definition) is 1. The summed E-state index contributed by atoms with van der Waals surface area (Å²) in [6.45, 7) is 6.52. The maximum atomic E-state index is 13.4. The Morgan fingerprint density at radius 1 is 1.03 bits per heavy atom. The van der Waals surface area contributed by atoms with Crippen molar-refractivity contribution in [2.75, 3.05) is 18.6 Å². The first kappa shape index (κ1) is 25.3. The van der Waals surface area contributed by atoms with Gasteiger partial charge in [0, 0.05) is 11.3 Å². The second-order valence-electron chi connectivity index (χ2n) is 9.13. The second-order valence-corrected chi connectivity index (χ2v) is 9.54. The molecule has 0 aliphatic carbocycles. The molecule has 4 rings (SSSR count). The van der Waals surface area contributed by atoms with Crippen molar-refractivity contribution in [3.8, 4) is 11.5 Å². The van der Waals surface area contributed by atoms with Crippen LogP contribution in [-0.2, 0) is 9.59 Å². The summed E-state index contributed by atoms with van der Waals surface area (Å²) in [7, 11) is 1.49. The van der Waals surface area contributed by atoms with Crippen LogP contribution in [-0.4, -0.2) is 30.5 Å². The Morgan fingerprint density at radius 2 is 1.78 bits per heavy atom. The van der Waals surface area contributed by atoms with Gasteiger partial charge >= 0.3 is 0 Å². The fourth-order valence-electron chi connectivity index (χ4n) is 4.19. The minimum absolute atomic E-state index is 0.0577. The summed E-state index contributed by atoms with van der Waals surface area (Å²) in [6.07, 6.45) is 0.